The molecule has 0 fully saturated rings. The highest BCUT2D eigenvalue weighted by Crippen LogP contribution is 2.12. The molecule has 1 heterocycles. The highest BCUT2D eigenvalue weighted by atomic mass is 15.2. The van der Waals surface area contributed by atoms with E-state index in [1.165, 1.54) is 0 Å². The van der Waals surface area contributed by atoms with Gasteiger partial charge < -0.3 is 10.3 Å². The highest BCUT2D eigenvalue weighted by Gasteiger charge is 2.02. The number of rotatable bonds is 4. The lowest BCUT2D eigenvalue weighted by molar-refractivity contribution is 0.751. The van der Waals surface area contributed by atoms with Crippen LogP contribution in [0, 0.1) is 5.41 Å². The summed E-state index contributed by atoms with van der Waals surface area (Å²) in [5.41, 5.74) is 1.87. The van der Waals surface area contributed by atoms with Gasteiger partial charge in [-0.2, -0.15) is 0 Å². The number of fused-ring (bicyclic) bond motifs is 1. The lowest BCUT2D eigenvalue weighted by atomic mass is 10.3. The maximum Gasteiger partial charge on any atom is 0.208 e. The van der Waals surface area contributed by atoms with E-state index in [0.717, 1.165) is 30.4 Å². The zero-order valence-electron chi connectivity index (χ0n) is 9.88. The maximum absolute atomic E-state index is 7.70. The number of benzene rings is 1. The van der Waals surface area contributed by atoms with E-state index < -0.39 is 0 Å². The Hall–Kier alpha value is -2.04. The first kappa shape index (κ1) is 11.4. The second kappa shape index (κ2) is 5.34. The van der Waals surface area contributed by atoms with Crippen LogP contribution in [-0.2, 0) is 0 Å². The molecule has 0 aliphatic rings. The van der Waals surface area contributed by atoms with E-state index >= 15 is 0 Å². The molecule has 0 radical (unpaired) electrons. The number of imidazole rings is 1. The average molecular weight is 231 g/mol. The van der Waals surface area contributed by atoms with E-state index in [1.54, 1.807) is 0 Å². The van der Waals surface area contributed by atoms with Crippen molar-refractivity contribution in [2.24, 2.45) is 0 Å². The molecule has 0 bridgehead atoms. The smallest absolute Gasteiger partial charge is 0.208 e. The van der Waals surface area contributed by atoms with Gasteiger partial charge in [-0.15, -0.1) is 0 Å². The van der Waals surface area contributed by atoms with Gasteiger partial charge in [-0.3, -0.25) is 10.7 Å². The monoisotopic (exact) mass is 231 g/mol. The number of hydrogen-bond donors (Lipinski definition) is 4. The van der Waals surface area contributed by atoms with E-state index in [-0.39, 0.29) is 5.96 Å². The minimum absolute atomic E-state index is 0.275. The molecule has 1 aromatic heterocycles. The maximum atomic E-state index is 7.70. The van der Waals surface area contributed by atoms with Crippen LogP contribution in [-0.4, -0.2) is 22.5 Å². The fourth-order valence-electron chi connectivity index (χ4n) is 1.56. The summed E-state index contributed by atoms with van der Waals surface area (Å²) in [6.07, 6.45) is 2.18. The van der Waals surface area contributed by atoms with Crippen molar-refractivity contribution >= 4 is 22.9 Å². The minimum atomic E-state index is 0.275. The van der Waals surface area contributed by atoms with Gasteiger partial charge in [0.25, 0.3) is 0 Å². The highest BCUT2D eigenvalue weighted by molar-refractivity contribution is 5.91. The van der Waals surface area contributed by atoms with Crippen molar-refractivity contribution in [3.05, 3.63) is 24.3 Å². The molecule has 2 rings (SSSR count). The van der Waals surface area contributed by atoms with Gasteiger partial charge in [-0.25, -0.2) is 4.98 Å². The van der Waals surface area contributed by atoms with Crippen molar-refractivity contribution in [3.8, 4) is 0 Å². The largest absolute Gasteiger partial charge is 0.356 e. The molecule has 0 saturated heterocycles. The second-order valence-corrected chi connectivity index (χ2v) is 3.88. The van der Waals surface area contributed by atoms with Gasteiger partial charge in [-0.05, 0) is 18.6 Å². The Balaban J connectivity index is 1.96. The zero-order chi connectivity index (χ0) is 12.1. The molecule has 5 heteroatoms. The summed E-state index contributed by atoms with van der Waals surface area (Å²) in [5.74, 6) is 0.873. The molecule has 17 heavy (non-hydrogen) atoms. The summed E-state index contributed by atoms with van der Waals surface area (Å²) in [4.78, 5) is 7.45. The number of nitrogens with one attached hydrogen (secondary N) is 4. The van der Waals surface area contributed by atoms with Crippen LogP contribution in [0.4, 0.5) is 5.95 Å². The third-order valence-electron chi connectivity index (χ3n) is 2.46. The predicted molar refractivity (Wildman–Crippen MR) is 70.4 cm³/mol. The summed E-state index contributed by atoms with van der Waals surface area (Å²) in [5, 5.41) is 13.6. The van der Waals surface area contributed by atoms with Crippen molar-refractivity contribution in [3.63, 3.8) is 0 Å². The molecule has 5 nitrogen and oxygen atoms in total. The van der Waals surface area contributed by atoms with Crippen LogP contribution < -0.4 is 10.6 Å². The van der Waals surface area contributed by atoms with Gasteiger partial charge in [0.05, 0.1) is 11.0 Å². The summed E-state index contributed by atoms with van der Waals surface area (Å²) < 4.78 is 0. The van der Waals surface area contributed by atoms with Crippen LogP contribution in [0.3, 0.4) is 0 Å². The van der Waals surface area contributed by atoms with Gasteiger partial charge in [0.15, 0.2) is 5.96 Å². The van der Waals surface area contributed by atoms with Crippen LogP contribution in [0.1, 0.15) is 19.8 Å². The van der Waals surface area contributed by atoms with Gasteiger partial charge in [0, 0.05) is 6.54 Å². The Morgan fingerprint density at radius 3 is 3.00 bits per heavy atom. The van der Waals surface area contributed by atoms with Crippen LogP contribution >= 0.6 is 0 Å². The first-order valence-corrected chi connectivity index (χ1v) is 5.84. The molecule has 90 valence electrons. The van der Waals surface area contributed by atoms with Crippen molar-refractivity contribution < 1.29 is 0 Å². The summed E-state index contributed by atoms with van der Waals surface area (Å²) in [6.45, 7) is 2.93. The standard InChI is InChI=1S/C12H17N5/c1-2-3-8-14-11(13)17-12-15-9-6-4-5-7-10(9)16-12/h4-7H,2-3,8H2,1H3,(H4,13,14,15,16,17). The van der Waals surface area contributed by atoms with E-state index in [2.05, 4.69) is 27.5 Å². The number of hydrogen-bond acceptors (Lipinski definition) is 2. The summed E-state index contributed by atoms with van der Waals surface area (Å²) >= 11 is 0. The lowest BCUT2D eigenvalue weighted by Gasteiger charge is -2.06. The molecule has 4 N–H and O–H groups in total. The molecule has 0 aliphatic carbocycles. The molecular formula is C12H17N5. The van der Waals surface area contributed by atoms with Crippen LogP contribution in [0.2, 0.25) is 0 Å². The van der Waals surface area contributed by atoms with Crippen LogP contribution in [0.5, 0.6) is 0 Å². The minimum Gasteiger partial charge on any atom is -0.356 e. The van der Waals surface area contributed by atoms with E-state index in [9.17, 15) is 0 Å². The Morgan fingerprint density at radius 1 is 1.41 bits per heavy atom. The topological polar surface area (TPSA) is 76.6 Å². The van der Waals surface area contributed by atoms with Gasteiger partial charge in [0.2, 0.25) is 5.95 Å². The summed E-state index contributed by atoms with van der Waals surface area (Å²) in [7, 11) is 0. The van der Waals surface area contributed by atoms with Gasteiger partial charge in [-0.1, -0.05) is 25.5 Å². The Morgan fingerprint density at radius 2 is 2.24 bits per heavy atom. The number of nitrogens with zero attached hydrogens (tertiary/aromatic N) is 1. The van der Waals surface area contributed by atoms with Crippen LogP contribution in [0.15, 0.2) is 24.3 Å². The quantitative estimate of drug-likeness (QED) is 0.370. The number of H-pyrrole nitrogens is 1. The third-order valence-corrected chi connectivity index (χ3v) is 2.46. The fraction of sp³-hybridized carbons (Fsp3) is 0.333. The number of aromatic amines is 1. The van der Waals surface area contributed by atoms with E-state index in [4.69, 9.17) is 5.41 Å². The Labute approximate surface area is 100 Å². The Bertz CT molecular complexity index is 469. The molecule has 0 aliphatic heterocycles. The number of guanidine groups is 1. The Kier molecular flexibility index (Phi) is 3.59. The molecule has 0 amide bonds. The van der Waals surface area contributed by atoms with Gasteiger partial charge in [0.1, 0.15) is 0 Å². The SMILES string of the molecule is CCCCNC(=N)Nc1nc2ccccc2[nH]1. The number of aromatic nitrogens is 2. The van der Waals surface area contributed by atoms with Crippen LogP contribution in [0.25, 0.3) is 11.0 Å². The molecular weight excluding hydrogens is 214 g/mol. The fourth-order valence-corrected chi connectivity index (χ4v) is 1.56. The molecule has 1 aromatic carbocycles. The molecule has 0 unspecified atom stereocenters. The number of anilines is 1. The first-order valence-electron chi connectivity index (χ1n) is 5.84. The zero-order valence-corrected chi connectivity index (χ0v) is 9.88. The molecule has 0 atom stereocenters. The molecule has 0 saturated carbocycles. The first-order chi connectivity index (χ1) is 8.29. The lowest BCUT2D eigenvalue weighted by Crippen LogP contribution is -2.30. The number of unbranched alkanes of at least 4 members (excludes halogenated alkanes) is 1. The van der Waals surface area contributed by atoms with Crippen molar-refractivity contribution in [1.29, 1.82) is 5.41 Å². The van der Waals surface area contributed by atoms with Gasteiger partial charge >= 0.3 is 0 Å². The molecule has 2 aromatic rings. The number of para-hydroxylation sites is 2. The van der Waals surface area contributed by atoms with Crippen molar-refractivity contribution in [2.45, 2.75) is 19.8 Å². The predicted octanol–water partition coefficient (Wildman–Crippen LogP) is 2.30. The van der Waals surface area contributed by atoms with Crippen molar-refractivity contribution in [1.82, 2.24) is 15.3 Å². The van der Waals surface area contributed by atoms with E-state index in [0.29, 0.717) is 5.95 Å². The van der Waals surface area contributed by atoms with Crippen molar-refractivity contribution in [2.75, 3.05) is 11.9 Å². The van der Waals surface area contributed by atoms with E-state index in [1.807, 2.05) is 24.3 Å². The second-order valence-electron chi connectivity index (χ2n) is 3.88. The average Bonchev–Trinajstić information content (AvgIpc) is 2.71. The third kappa shape index (κ3) is 2.96. The normalized spacial score (nSPS) is 10.4. The molecule has 0 spiro atoms. The summed E-state index contributed by atoms with van der Waals surface area (Å²) in [6, 6.07) is 7.79.